The van der Waals surface area contributed by atoms with Crippen molar-refractivity contribution in [2.75, 3.05) is 5.32 Å². The highest BCUT2D eigenvalue weighted by molar-refractivity contribution is 7.09. The van der Waals surface area contributed by atoms with E-state index in [9.17, 15) is 4.79 Å². The van der Waals surface area contributed by atoms with E-state index in [4.69, 9.17) is 4.74 Å². The van der Waals surface area contributed by atoms with Gasteiger partial charge in [-0.05, 0) is 36.6 Å². The minimum Gasteiger partial charge on any atom is -0.487 e. The Hall–Kier alpha value is -2.66. The zero-order valence-electron chi connectivity index (χ0n) is 15.0. The molecule has 3 aromatic rings. The molecular formula is C21H22N2O2S. The van der Waals surface area contributed by atoms with Crippen LogP contribution in [0.4, 0.5) is 5.69 Å². The molecule has 1 amide bonds. The van der Waals surface area contributed by atoms with Crippen LogP contribution in [0.2, 0.25) is 0 Å². The van der Waals surface area contributed by atoms with Gasteiger partial charge in [-0.15, -0.1) is 11.3 Å². The third-order valence-corrected chi connectivity index (χ3v) is 4.93. The van der Waals surface area contributed by atoms with Crippen LogP contribution < -0.4 is 10.1 Å². The summed E-state index contributed by atoms with van der Waals surface area (Å²) < 4.78 is 5.95. The molecule has 5 heteroatoms. The second-order valence-corrected chi connectivity index (χ2v) is 7.03. The van der Waals surface area contributed by atoms with Gasteiger partial charge in [-0.25, -0.2) is 4.98 Å². The molecule has 134 valence electrons. The molecule has 3 rings (SSSR count). The minimum atomic E-state index is -0.0913. The molecule has 4 nitrogen and oxygen atoms in total. The SMILES string of the molecule is CCc1nc(CC(=O)Nc2ccc(C)cc2OCc2ccccc2)cs1. The van der Waals surface area contributed by atoms with Crippen LogP contribution in [-0.2, 0) is 24.2 Å². The fourth-order valence-electron chi connectivity index (χ4n) is 2.54. The quantitative estimate of drug-likeness (QED) is 0.655. The number of thiazole rings is 1. The molecule has 1 N–H and O–H groups in total. The van der Waals surface area contributed by atoms with Crippen LogP contribution in [0.1, 0.15) is 28.8 Å². The average Bonchev–Trinajstić information content (AvgIpc) is 3.10. The number of carbonyl (C=O) groups excluding carboxylic acids is 1. The highest BCUT2D eigenvalue weighted by atomic mass is 32.1. The smallest absolute Gasteiger partial charge is 0.230 e. The van der Waals surface area contributed by atoms with Gasteiger partial charge in [0.1, 0.15) is 12.4 Å². The molecule has 0 atom stereocenters. The normalized spacial score (nSPS) is 10.5. The Bertz CT molecular complexity index is 875. The molecule has 1 heterocycles. The van der Waals surface area contributed by atoms with Crippen molar-refractivity contribution in [3.05, 3.63) is 75.7 Å². The Morgan fingerprint density at radius 3 is 2.73 bits per heavy atom. The molecule has 0 aliphatic rings. The lowest BCUT2D eigenvalue weighted by Crippen LogP contribution is -2.15. The Labute approximate surface area is 157 Å². The van der Waals surface area contributed by atoms with Crippen molar-refractivity contribution in [1.29, 1.82) is 0 Å². The molecule has 0 saturated heterocycles. The largest absolute Gasteiger partial charge is 0.487 e. The maximum atomic E-state index is 12.4. The molecule has 1 aromatic heterocycles. The predicted octanol–water partition coefficient (Wildman–Crippen LogP) is 4.77. The van der Waals surface area contributed by atoms with E-state index in [2.05, 4.69) is 17.2 Å². The Morgan fingerprint density at radius 1 is 1.19 bits per heavy atom. The van der Waals surface area contributed by atoms with Crippen molar-refractivity contribution in [1.82, 2.24) is 4.98 Å². The zero-order valence-corrected chi connectivity index (χ0v) is 15.8. The number of rotatable bonds is 7. The van der Waals surface area contributed by atoms with Gasteiger partial charge in [0.25, 0.3) is 0 Å². The first-order valence-electron chi connectivity index (χ1n) is 8.64. The maximum Gasteiger partial charge on any atom is 0.230 e. The van der Waals surface area contributed by atoms with Crippen LogP contribution in [0, 0.1) is 6.92 Å². The number of benzene rings is 2. The molecule has 0 fully saturated rings. The highest BCUT2D eigenvalue weighted by Gasteiger charge is 2.11. The molecule has 0 saturated carbocycles. The summed E-state index contributed by atoms with van der Waals surface area (Å²) in [5.41, 5.74) is 3.66. The Balaban J connectivity index is 1.67. The van der Waals surface area contributed by atoms with Gasteiger partial charge in [-0.3, -0.25) is 4.79 Å². The van der Waals surface area contributed by atoms with Gasteiger partial charge in [-0.2, -0.15) is 0 Å². The fourth-order valence-corrected chi connectivity index (χ4v) is 3.28. The molecule has 2 aromatic carbocycles. The first-order valence-corrected chi connectivity index (χ1v) is 9.52. The fraction of sp³-hybridized carbons (Fsp3) is 0.238. The Morgan fingerprint density at radius 2 is 2.00 bits per heavy atom. The summed E-state index contributed by atoms with van der Waals surface area (Å²) in [6.45, 7) is 4.52. The monoisotopic (exact) mass is 366 g/mol. The second-order valence-electron chi connectivity index (χ2n) is 6.08. The Kier molecular flexibility index (Phi) is 6.02. The highest BCUT2D eigenvalue weighted by Crippen LogP contribution is 2.27. The van der Waals surface area contributed by atoms with Crippen LogP contribution in [0.25, 0.3) is 0 Å². The third-order valence-electron chi connectivity index (χ3n) is 3.89. The van der Waals surface area contributed by atoms with Gasteiger partial charge in [0, 0.05) is 5.38 Å². The summed E-state index contributed by atoms with van der Waals surface area (Å²) in [6, 6.07) is 15.8. The van der Waals surface area contributed by atoms with Crippen LogP contribution in [0.3, 0.4) is 0 Å². The van der Waals surface area contributed by atoms with Crippen LogP contribution in [0.5, 0.6) is 5.75 Å². The van der Waals surface area contributed by atoms with Crippen molar-refractivity contribution in [2.24, 2.45) is 0 Å². The summed E-state index contributed by atoms with van der Waals surface area (Å²) in [4.78, 5) is 16.8. The van der Waals surface area contributed by atoms with Crippen LogP contribution in [0.15, 0.2) is 53.9 Å². The van der Waals surface area contributed by atoms with Gasteiger partial charge in [-0.1, -0.05) is 43.3 Å². The summed E-state index contributed by atoms with van der Waals surface area (Å²) >= 11 is 1.59. The number of ether oxygens (including phenoxy) is 1. The molecule has 0 unspecified atom stereocenters. The number of hydrogen-bond acceptors (Lipinski definition) is 4. The number of nitrogens with one attached hydrogen (secondary N) is 1. The van der Waals surface area contributed by atoms with E-state index in [0.29, 0.717) is 18.0 Å². The lowest BCUT2D eigenvalue weighted by Gasteiger charge is -2.13. The number of amides is 1. The van der Waals surface area contributed by atoms with Crippen molar-refractivity contribution < 1.29 is 9.53 Å². The lowest BCUT2D eigenvalue weighted by atomic mass is 10.2. The second kappa shape index (κ2) is 8.63. The minimum absolute atomic E-state index is 0.0913. The number of carbonyl (C=O) groups is 1. The number of aryl methyl sites for hydroxylation is 2. The first kappa shape index (κ1) is 18.1. The molecule has 0 aliphatic heterocycles. The molecule has 0 aliphatic carbocycles. The first-order chi connectivity index (χ1) is 12.6. The standard InChI is InChI=1S/C21H22N2O2S/c1-3-21-22-17(14-26-21)12-20(24)23-18-10-9-15(2)11-19(18)25-13-16-7-5-4-6-8-16/h4-11,14H,3,12-13H2,1-2H3,(H,23,24). The van der Waals surface area contributed by atoms with Crippen LogP contribution >= 0.6 is 11.3 Å². The van der Waals surface area contributed by atoms with Crippen molar-refractivity contribution in [3.63, 3.8) is 0 Å². The predicted molar refractivity (Wildman–Crippen MR) is 106 cm³/mol. The maximum absolute atomic E-state index is 12.4. The number of hydrogen-bond donors (Lipinski definition) is 1. The molecule has 0 bridgehead atoms. The van der Waals surface area contributed by atoms with Gasteiger partial charge < -0.3 is 10.1 Å². The van der Waals surface area contributed by atoms with Crippen molar-refractivity contribution >= 4 is 22.9 Å². The summed E-state index contributed by atoms with van der Waals surface area (Å²) in [6.07, 6.45) is 1.16. The van der Waals surface area contributed by atoms with E-state index < -0.39 is 0 Å². The number of anilines is 1. The molecule has 0 radical (unpaired) electrons. The third kappa shape index (κ3) is 4.92. The number of aromatic nitrogens is 1. The zero-order chi connectivity index (χ0) is 18.4. The van der Waals surface area contributed by atoms with E-state index in [1.165, 1.54) is 0 Å². The molecule has 0 spiro atoms. The molecule has 26 heavy (non-hydrogen) atoms. The number of nitrogens with zero attached hydrogens (tertiary/aromatic N) is 1. The summed E-state index contributed by atoms with van der Waals surface area (Å²) in [5.74, 6) is 0.584. The van der Waals surface area contributed by atoms with E-state index >= 15 is 0 Å². The van der Waals surface area contributed by atoms with Crippen molar-refractivity contribution in [3.8, 4) is 5.75 Å². The van der Waals surface area contributed by atoms with Gasteiger partial charge in [0.15, 0.2) is 0 Å². The van der Waals surface area contributed by atoms with Crippen molar-refractivity contribution in [2.45, 2.75) is 33.3 Å². The van der Waals surface area contributed by atoms with Gasteiger partial charge in [0.2, 0.25) is 5.91 Å². The summed E-state index contributed by atoms with van der Waals surface area (Å²) in [7, 11) is 0. The van der Waals surface area contributed by atoms with Crippen LogP contribution in [-0.4, -0.2) is 10.9 Å². The van der Waals surface area contributed by atoms with Gasteiger partial charge in [0.05, 0.1) is 22.8 Å². The van der Waals surface area contributed by atoms with E-state index in [1.807, 2.05) is 60.8 Å². The van der Waals surface area contributed by atoms with E-state index in [-0.39, 0.29) is 12.3 Å². The topological polar surface area (TPSA) is 51.2 Å². The van der Waals surface area contributed by atoms with Gasteiger partial charge >= 0.3 is 0 Å². The average molecular weight is 366 g/mol. The summed E-state index contributed by atoms with van der Waals surface area (Å²) in [5, 5.41) is 5.95. The lowest BCUT2D eigenvalue weighted by molar-refractivity contribution is -0.115. The van der Waals surface area contributed by atoms with E-state index in [0.717, 1.165) is 28.2 Å². The van der Waals surface area contributed by atoms with E-state index in [1.54, 1.807) is 11.3 Å². The molecular weight excluding hydrogens is 344 g/mol.